The Hall–Kier alpha value is -2.67. The lowest BCUT2D eigenvalue weighted by atomic mass is 10.1. The minimum Gasteiger partial charge on any atom is -0.467 e. The molecule has 2 heterocycles. The first-order valence-electron chi connectivity index (χ1n) is 10.5. The third-order valence-electron chi connectivity index (χ3n) is 5.61. The van der Waals surface area contributed by atoms with Gasteiger partial charge in [0.1, 0.15) is 18.1 Å². The van der Waals surface area contributed by atoms with Crippen LogP contribution in [0.2, 0.25) is 0 Å². The molecule has 30 heavy (non-hydrogen) atoms. The van der Waals surface area contributed by atoms with Gasteiger partial charge in [0.25, 0.3) is 0 Å². The molecule has 7 heteroatoms. The van der Waals surface area contributed by atoms with Gasteiger partial charge < -0.3 is 19.0 Å². The Bertz CT molecular complexity index is 843. The number of rotatable bonds is 9. The van der Waals surface area contributed by atoms with Crippen molar-refractivity contribution in [1.82, 2.24) is 9.80 Å². The summed E-state index contributed by atoms with van der Waals surface area (Å²) in [5, 5.41) is 0. The van der Waals surface area contributed by atoms with Crippen molar-refractivity contribution in [2.75, 3.05) is 19.7 Å². The van der Waals surface area contributed by atoms with Crippen LogP contribution in [0.4, 0.5) is 4.39 Å². The van der Waals surface area contributed by atoms with E-state index in [1.54, 1.807) is 34.3 Å². The highest BCUT2D eigenvalue weighted by molar-refractivity contribution is 5.86. The van der Waals surface area contributed by atoms with Gasteiger partial charge in [-0.05, 0) is 55.5 Å². The highest BCUT2D eigenvalue weighted by Gasteiger charge is 2.35. The van der Waals surface area contributed by atoms with Crippen LogP contribution >= 0.6 is 0 Å². The van der Waals surface area contributed by atoms with Crippen molar-refractivity contribution in [3.8, 4) is 0 Å². The molecule has 0 radical (unpaired) electrons. The first-order chi connectivity index (χ1) is 14.6. The fourth-order valence-electron chi connectivity index (χ4n) is 3.81. The van der Waals surface area contributed by atoms with Gasteiger partial charge in [0.05, 0.1) is 25.3 Å². The van der Waals surface area contributed by atoms with Gasteiger partial charge in [-0.25, -0.2) is 4.39 Å². The molecule has 0 bridgehead atoms. The second-order valence-corrected chi connectivity index (χ2v) is 8.04. The maximum atomic E-state index is 13.2. The summed E-state index contributed by atoms with van der Waals surface area (Å²) in [6, 6.07) is 9.67. The molecular weight excluding hydrogens is 387 g/mol. The number of hydrogen-bond donors (Lipinski definition) is 0. The van der Waals surface area contributed by atoms with E-state index in [4.69, 9.17) is 9.15 Å². The smallest absolute Gasteiger partial charge is 0.242 e. The molecule has 4 rings (SSSR count). The van der Waals surface area contributed by atoms with Gasteiger partial charge in [-0.1, -0.05) is 12.1 Å². The minimum atomic E-state index is -0.330. The predicted molar refractivity (Wildman–Crippen MR) is 108 cm³/mol. The Kier molecular flexibility index (Phi) is 6.47. The number of nitrogens with zero attached hydrogens (tertiary/aromatic N) is 2. The van der Waals surface area contributed by atoms with E-state index < -0.39 is 0 Å². The molecule has 2 aromatic rings. The molecule has 1 aliphatic carbocycles. The average molecular weight is 414 g/mol. The summed E-state index contributed by atoms with van der Waals surface area (Å²) in [6.45, 7) is 1.61. The highest BCUT2D eigenvalue weighted by atomic mass is 19.1. The largest absolute Gasteiger partial charge is 0.467 e. The van der Waals surface area contributed by atoms with E-state index in [9.17, 15) is 14.0 Å². The van der Waals surface area contributed by atoms with Gasteiger partial charge in [-0.15, -0.1) is 0 Å². The average Bonchev–Trinajstić information content (AvgIpc) is 3.20. The maximum Gasteiger partial charge on any atom is 0.242 e. The fourth-order valence-corrected chi connectivity index (χ4v) is 3.81. The normalized spacial score (nSPS) is 18.4. The number of furan rings is 1. The number of amides is 2. The van der Waals surface area contributed by atoms with Gasteiger partial charge in [0.2, 0.25) is 11.8 Å². The number of benzene rings is 1. The molecule has 1 unspecified atom stereocenters. The quantitative estimate of drug-likeness (QED) is 0.632. The van der Waals surface area contributed by atoms with Gasteiger partial charge in [-0.3, -0.25) is 9.59 Å². The van der Waals surface area contributed by atoms with Crippen LogP contribution in [-0.2, 0) is 27.3 Å². The van der Waals surface area contributed by atoms with Crippen LogP contribution < -0.4 is 0 Å². The van der Waals surface area contributed by atoms with Crippen LogP contribution in [0.1, 0.15) is 37.0 Å². The topological polar surface area (TPSA) is 63.0 Å². The van der Waals surface area contributed by atoms with E-state index in [0.29, 0.717) is 18.8 Å². The maximum absolute atomic E-state index is 13.2. The molecule has 1 saturated carbocycles. The zero-order valence-corrected chi connectivity index (χ0v) is 17.0. The summed E-state index contributed by atoms with van der Waals surface area (Å²) >= 11 is 0. The van der Waals surface area contributed by atoms with Crippen molar-refractivity contribution in [3.63, 3.8) is 0 Å². The number of carbonyl (C=O) groups is 2. The first-order valence-corrected chi connectivity index (χ1v) is 10.5. The summed E-state index contributed by atoms with van der Waals surface area (Å²) < 4.78 is 24.3. The molecule has 1 aromatic heterocycles. The number of halogens is 1. The highest BCUT2D eigenvalue weighted by Crippen LogP contribution is 2.28. The third kappa shape index (κ3) is 5.48. The molecule has 2 fully saturated rings. The molecule has 1 aliphatic heterocycles. The van der Waals surface area contributed by atoms with Crippen molar-refractivity contribution in [3.05, 3.63) is 59.8 Å². The molecule has 1 atom stereocenters. The van der Waals surface area contributed by atoms with E-state index in [1.165, 1.54) is 12.1 Å². The lowest BCUT2D eigenvalue weighted by molar-refractivity contribution is -0.142. The van der Waals surface area contributed by atoms with Gasteiger partial charge in [0, 0.05) is 19.2 Å². The summed E-state index contributed by atoms with van der Waals surface area (Å²) in [6.07, 6.45) is 5.52. The molecule has 6 nitrogen and oxygen atoms in total. The molecular formula is C23H27FN2O4. The first kappa shape index (κ1) is 20.6. The third-order valence-corrected chi connectivity index (χ3v) is 5.61. The van der Waals surface area contributed by atoms with E-state index in [0.717, 1.165) is 37.9 Å². The van der Waals surface area contributed by atoms with E-state index in [2.05, 4.69) is 0 Å². The fraction of sp³-hybridized carbons (Fsp3) is 0.478. The Morgan fingerprint density at radius 1 is 1.07 bits per heavy atom. The van der Waals surface area contributed by atoms with Crippen LogP contribution in [0.25, 0.3) is 0 Å². The van der Waals surface area contributed by atoms with Crippen molar-refractivity contribution >= 4 is 11.8 Å². The van der Waals surface area contributed by atoms with E-state index in [-0.39, 0.29) is 42.7 Å². The van der Waals surface area contributed by atoms with Crippen molar-refractivity contribution in [2.45, 2.75) is 50.8 Å². The number of ether oxygens (including phenoxy) is 1. The second kappa shape index (κ2) is 9.43. The van der Waals surface area contributed by atoms with Crippen molar-refractivity contribution in [1.29, 1.82) is 0 Å². The van der Waals surface area contributed by atoms with Gasteiger partial charge >= 0.3 is 0 Å². The molecule has 160 valence electrons. The Balaban J connectivity index is 1.42. The Morgan fingerprint density at radius 3 is 2.50 bits per heavy atom. The molecule has 1 saturated heterocycles. The van der Waals surface area contributed by atoms with Crippen LogP contribution in [0.3, 0.4) is 0 Å². The summed E-state index contributed by atoms with van der Waals surface area (Å²) in [4.78, 5) is 29.5. The van der Waals surface area contributed by atoms with Gasteiger partial charge in [0.15, 0.2) is 0 Å². The van der Waals surface area contributed by atoms with Crippen LogP contribution in [0.15, 0.2) is 47.1 Å². The molecule has 0 N–H and O–H groups in total. The summed E-state index contributed by atoms with van der Waals surface area (Å²) in [7, 11) is 0. The molecule has 0 spiro atoms. The van der Waals surface area contributed by atoms with Crippen LogP contribution in [-0.4, -0.2) is 53.5 Å². The van der Waals surface area contributed by atoms with Crippen molar-refractivity contribution < 1.29 is 23.1 Å². The minimum absolute atomic E-state index is 0.0215. The number of carbonyl (C=O) groups excluding carboxylic acids is 2. The van der Waals surface area contributed by atoms with Gasteiger partial charge in [-0.2, -0.15) is 0 Å². The lowest BCUT2D eigenvalue weighted by Crippen LogP contribution is -2.46. The predicted octanol–water partition coefficient (Wildman–Crippen LogP) is 3.16. The SMILES string of the molecule is O=C(CN(C(=O)Cc1ccc(F)cc1)C1CC1)N(Cc1ccco1)CC1CCCO1. The number of hydrogen-bond acceptors (Lipinski definition) is 4. The molecule has 2 amide bonds. The Labute approximate surface area is 175 Å². The summed E-state index contributed by atoms with van der Waals surface area (Å²) in [5.74, 6) is 0.161. The lowest BCUT2D eigenvalue weighted by Gasteiger charge is -2.29. The summed E-state index contributed by atoms with van der Waals surface area (Å²) in [5.41, 5.74) is 0.742. The van der Waals surface area contributed by atoms with Crippen molar-refractivity contribution in [2.24, 2.45) is 0 Å². The Morgan fingerprint density at radius 2 is 1.87 bits per heavy atom. The zero-order valence-electron chi connectivity index (χ0n) is 17.0. The second-order valence-electron chi connectivity index (χ2n) is 8.04. The molecule has 2 aliphatic rings. The van der Waals surface area contributed by atoms with E-state index in [1.807, 2.05) is 6.07 Å². The van der Waals surface area contributed by atoms with Crippen LogP contribution in [0, 0.1) is 5.82 Å². The monoisotopic (exact) mass is 414 g/mol. The van der Waals surface area contributed by atoms with E-state index >= 15 is 0 Å². The zero-order chi connectivity index (χ0) is 20.9. The standard InChI is InChI=1S/C23H27FN2O4/c24-18-7-5-17(6-8-18)13-22(27)26(19-9-10-19)16-23(28)25(14-20-3-1-11-29-20)15-21-4-2-12-30-21/h1,3,5-8,11,19,21H,2,4,9-10,12-16H2. The van der Waals surface area contributed by atoms with Crippen LogP contribution in [0.5, 0.6) is 0 Å². The molecule has 1 aromatic carbocycles.